The number of sulfonamides is 1. The quantitative estimate of drug-likeness (QED) is 0.757. The Labute approximate surface area is 181 Å². The number of hydrogen-bond donors (Lipinski definition) is 1. The Morgan fingerprint density at radius 2 is 1.72 bits per heavy atom. The van der Waals surface area contributed by atoms with E-state index in [1.165, 1.54) is 10.4 Å². The third-order valence-electron chi connectivity index (χ3n) is 5.72. The average Bonchev–Trinajstić information content (AvgIpc) is 3.12. The standard InChI is InChI=1S/C19H24ClN3O4S.ClH/c20-15-3-6-17-14(11-15)12-18(27-17)28(25,26)23-9-7-22(8-10-23)19(24)13-1-4-16(21)5-2-13;/h3,6,11-13,16H,1-2,4-5,7-10,21H2;1H/t13-,16-;. The van der Waals surface area contributed by atoms with Gasteiger partial charge in [-0.25, -0.2) is 8.42 Å². The molecule has 0 unspecified atom stereocenters. The van der Waals surface area contributed by atoms with Crippen molar-refractivity contribution in [2.75, 3.05) is 26.2 Å². The molecule has 0 atom stereocenters. The predicted octanol–water partition coefficient (Wildman–Crippen LogP) is 2.86. The summed E-state index contributed by atoms with van der Waals surface area (Å²) in [5.74, 6) is 0.144. The highest BCUT2D eigenvalue weighted by molar-refractivity contribution is 7.89. The molecule has 29 heavy (non-hydrogen) atoms. The summed E-state index contributed by atoms with van der Waals surface area (Å²) in [4.78, 5) is 14.5. The summed E-state index contributed by atoms with van der Waals surface area (Å²) in [5.41, 5.74) is 6.40. The van der Waals surface area contributed by atoms with Crippen LogP contribution in [0.2, 0.25) is 5.02 Å². The first-order valence-corrected chi connectivity index (χ1v) is 11.4. The predicted molar refractivity (Wildman–Crippen MR) is 114 cm³/mol. The number of halogens is 2. The maximum Gasteiger partial charge on any atom is 0.276 e. The van der Waals surface area contributed by atoms with Gasteiger partial charge in [0.25, 0.3) is 10.0 Å². The van der Waals surface area contributed by atoms with Crippen LogP contribution in [0.1, 0.15) is 25.7 Å². The smallest absolute Gasteiger partial charge is 0.276 e. The van der Waals surface area contributed by atoms with Gasteiger partial charge in [0.15, 0.2) is 0 Å². The number of furan rings is 1. The largest absolute Gasteiger partial charge is 0.443 e. The van der Waals surface area contributed by atoms with Crippen molar-refractivity contribution in [3.63, 3.8) is 0 Å². The lowest BCUT2D eigenvalue weighted by molar-refractivity contribution is -0.137. The summed E-state index contributed by atoms with van der Waals surface area (Å²) in [7, 11) is -3.75. The van der Waals surface area contributed by atoms with Gasteiger partial charge in [-0.1, -0.05) is 11.6 Å². The van der Waals surface area contributed by atoms with Crippen LogP contribution in [0.15, 0.2) is 33.8 Å². The van der Waals surface area contributed by atoms with E-state index in [1.54, 1.807) is 23.1 Å². The summed E-state index contributed by atoms with van der Waals surface area (Å²) < 4.78 is 32.8. The molecule has 1 aliphatic heterocycles. The van der Waals surface area contributed by atoms with Gasteiger partial charge in [0.1, 0.15) is 5.58 Å². The van der Waals surface area contributed by atoms with Crippen molar-refractivity contribution in [3.05, 3.63) is 29.3 Å². The van der Waals surface area contributed by atoms with Crippen molar-refractivity contribution in [3.8, 4) is 0 Å². The SMILES string of the molecule is Cl.N[C@H]1CC[C@H](C(=O)N2CCN(S(=O)(=O)c3cc4cc(Cl)ccc4o3)CC2)CC1. The van der Waals surface area contributed by atoms with E-state index in [4.69, 9.17) is 21.8 Å². The maximum absolute atomic E-state index is 12.9. The molecule has 1 amide bonds. The molecule has 1 saturated carbocycles. The number of amides is 1. The molecule has 4 rings (SSSR count). The van der Waals surface area contributed by atoms with Crippen molar-refractivity contribution in [1.82, 2.24) is 9.21 Å². The number of benzene rings is 1. The number of nitrogens with zero attached hydrogens (tertiary/aromatic N) is 2. The van der Waals surface area contributed by atoms with Crippen molar-refractivity contribution in [1.29, 1.82) is 0 Å². The monoisotopic (exact) mass is 461 g/mol. The molecular weight excluding hydrogens is 437 g/mol. The van der Waals surface area contributed by atoms with E-state index in [0.29, 0.717) is 29.1 Å². The minimum atomic E-state index is -3.75. The lowest BCUT2D eigenvalue weighted by Crippen LogP contribution is -2.52. The van der Waals surface area contributed by atoms with Gasteiger partial charge in [-0.05, 0) is 43.9 Å². The molecule has 0 radical (unpaired) electrons. The van der Waals surface area contributed by atoms with Gasteiger partial charge >= 0.3 is 0 Å². The Kier molecular flexibility index (Phi) is 6.80. The van der Waals surface area contributed by atoms with Crippen molar-refractivity contribution < 1.29 is 17.6 Å². The lowest BCUT2D eigenvalue weighted by Gasteiger charge is -2.36. The molecule has 0 bridgehead atoms. The van der Waals surface area contributed by atoms with E-state index in [1.807, 2.05) is 0 Å². The van der Waals surface area contributed by atoms with Gasteiger partial charge in [-0.15, -0.1) is 12.4 Å². The van der Waals surface area contributed by atoms with Crippen LogP contribution in [0.5, 0.6) is 0 Å². The highest BCUT2D eigenvalue weighted by Gasteiger charge is 2.35. The van der Waals surface area contributed by atoms with E-state index in [9.17, 15) is 13.2 Å². The number of rotatable bonds is 3. The zero-order valence-electron chi connectivity index (χ0n) is 15.9. The van der Waals surface area contributed by atoms with E-state index in [-0.39, 0.29) is 48.5 Å². The maximum atomic E-state index is 12.9. The minimum Gasteiger partial charge on any atom is -0.443 e. The molecule has 10 heteroatoms. The first kappa shape index (κ1) is 22.4. The molecule has 1 aromatic carbocycles. The summed E-state index contributed by atoms with van der Waals surface area (Å²) in [5, 5.41) is 1.08. The average molecular weight is 462 g/mol. The van der Waals surface area contributed by atoms with Crippen LogP contribution in [0, 0.1) is 5.92 Å². The summed E-state index contributed by atoms with van der Waals surface area (Å²) >= 11 is 5.96. The topological polar surface area (TPSA) is 96.9 Å². The number of piperazine rings is 1. The van der Waals surface area contributed by atoms with Crippen molar-refractivity contribution in [2.24, 2.45) is 11.7 Å². The van der Waals surface area contributed by atoms with E-state index >= 15 is 0 Å². The molecule has 2 aliphatic rings. The number of nitrogens with two attached hydrogens (primary N) is 1. The van der Waals surface area contributed by atoms with E-state index in [0.717, 1.165) is 25.7 Å². The molecule has 7 nitrogen and oxygen atoms in total. The minimum absolute atomic E-state index is 0. The highest BCUT2D eigenvalue weighted by Crippen LogP contribution is 2.29. The van der Waals surface area contributed by atoms with Crippen LogP contribution in [0.3, 0.4) is 0 Å². The fourth-order valence-electron chi connectivity index (χ4n) is 4.02. The summed E-state index contributed by atoms with van der Waals surface area (Å²) in [6.07, 6.45) is 3.39. The Morgan fingerprint density at radius 1 is 1.07 bits per heavy atom. The molecule has 2 fully saturated rings. The molecule has 1 aromatic heterocycles. The first-order chi connectivity index (χ1) is 13.3. The molecular formula is C19H25Cl2N3O4S. The van der Waals surface area contributed by atoms with Gasteiger partial charge in [-0.2, -0.15) is 4.31 Å². The number of carbonyl (C=O) groups is 1. The second-order valence-electron chi connectivity index (χ2n) is 7.59. The molecule has 2 heterocycles. The third-order valence-corrected chi connectivity index (χ3v) is 7.71. The lowest BCUT2D eigenvalue weighted by atomic mass is 9.85. The van der Waals surface area contributed by atoms with Gasteiger partial charge in [0.05, 0.1) is 0 Å². The first-order valence-electron chi connectivity index (χ1n) is 9.58. The zero-order chi connectivity index (χ0) is 19.9. The highest BCUT2D eigenvalue weighted by atomic mass is 35.5. The fraction of sp³-hybridized carbons (Fsp3) is 0.526. The fourth-order valence-corrected chi connectivity index (χ4v) is 5.57. The molecule has 160 valence electrons. The van der Waals surface area contributed by atoms with Crippen molar-refractivity contribution in [2.45, 2.75) is 36.8 Å². The van der Waals surface area contributed by atoms with Crippen LogP contribution >= 0.6 is 24.0 Å². The van der Waals surface area contributed by atoms with Gasteiger partial charge in [0.2, 0.25) is 11.0 Å². The zero-order valence-corrected chi connectivity index (χ0v) is 18.3. The summed E-state index contributed by atoms with van der Waals surface area (Å²) in [6.45, 7) is 1.32. The van der Waals surface area contributed by atoms with Crippen LogP contribution < -0.4 is 5.73 Å². The Hall–Kier alpha value is -1.32. The molecule has 2 aromatic rings. The molecule has 2 N–H and O–H groups in total. The number of hydrogen-bond acceptors (Lipinski definition) is 5. The number of carbonyl (C=O) groups excluding carboxylic acids is 1. The Morgan fingerprint density at radius 3 is 2.38 bits per heavy atom. The second-order valence-corrected chi connectivity index (χ2v) is 9.89. The van der Waals surface area contributed by atoms with Gasteiger partial charge in [0, 0.05) is 54.6 Å². The van der Waals surface area contributed by atoms with Gasteiger partial charge < -0.3 is 15.1 Å². The summed E-state index contributed by atoms with van der Waals surface area (Å²) in [6, 6.07) is 6.69. The molecule has 1 saturated heterocycles. The van der Waals surface area contributed by atoms with E-state index in [2.05, 4.69) is 0 Å². The third kappa shape index (κ3) is 4.56. The Bertz CT molecular complexity index is 979. The van der Waals surface area contributed by atoms with Crippen LogP contribution in [0.25, 0.3) is 11.0 Å². The number of fused-ring (bicyclic) bond motifs is 1. The Balaban J connectivity index is 0.00000240. The second kappa shape index (κ2) is 8.81. The molecule has 0 spiro atoms. The van der Waals surface area contributed by atoms with Crippen LogP contribution in [-0.4, -0.2) is 55.8 Å². The molecule has 1 aliphatic carbocycles. The van der Waals surface area contributed by atoms with E-state index < -0.39 is 10.0 Å². The van der Waals surface area contributed by atoms with Gasteiger partial charge in [-0.3, -0.25) is 4.79 Å². The van der Waals surface area contributed by atoms with Crippen LogP contribution in [0.4, 0.5) is 0 Å². The van der Waals surface area contributed by atoms with Crippen LogP contribution in [-0.2, 0) is 14.8 Å². The van der Waals surface area contributed by atoms with Crippen molar-refractivity contribution >= 4 is 50.9 Å². The normalized spacial score (nSPS) is 23.7.